The number of nitrogens with one attached hydrogen (secondary N) is 1. The highest BCUT2D eigenvalue weighted by molar-refractivity contribution is 5.77. The van der Waals surface area contributed by atoms with Crippen LogP contribution in [0.2, 0.25) is 0 Å². The molecule has 2 heterocycles. The van der Waals surface area contributed by atoms with Gasteiger partial charge in [-0.25, -0.2) is 0 Å². The first-order valence-electron chi connectivity index (χ1n) is 6.33. The van der Waals surface area contributed by atoms with E-state index in [0.717, 1.165) is 37.1 Å². The predicted octanol–water partition coefficient (Wildman–Crippen LogP) is 2.39. The number of nitrogens with two attached hydrogens (primary N) is 1. The van der Waals surface area contributed by atoms with E-state index in [1.54, 1.807) is 6.07 Å². The second kappa shape index (κ2) is 4.86. The molecule has 1 fully saturated rings. The molecule has 0 spiro atoms. The second-order valence-electron chi connectivity index (χ2n) is 4.60. The molecule has 1 saturated heterocycles. The molecule has 2 aromatic rings. The molecule has 0 amide bonds. The molecule has 5 nitrogen and oxygen atoms in total. The molecule has 0 aliphatic carbocycles. The number of nitrogen functional groups attached to an aromatic ring is 1. The molecule has 0 bridgehead atoms. The van der Waals surface area contributed by atoms with E-state index < -0.39 is 0 Å². The van der Waals surface area contributed by atoms with Crippen LogP contribution >= 0.6 is 0 Å². The SMILES string of the molecule is Nc1ccc2nc(NCCC3CCCO3)oc2c1. The molecule has 1 atom stereocenters. The van der Waals surface area contributed by atoms with Gasteiger partial charge in [-0.05, 0) is 31.4 Å². The summed E-state index contributed by atoms with van der Waals surface area (Å²) in [5.74, 6) is 0. The Labute approximate surface area is 105 Å². The van der Waals surface area contributed by atoms with Gasteiger partial charge in [0.25, 0.3) is 6.01 Å². The fourth-order valence-electron chi connectivity index (χ4n) is 2.23. The zero-order valence-electron chi connectivity index (χ0n) is 10.2. The maximum Gasteiger partial charge on any atom is 0.295 e. The van der Waals surface area contributed by atoms with Crippen LogP contribution in [0.1, 0.15) is 19.3 Å². The molecule has 1 aliphatic heterocycles. The third-order valence-corrected chi connectivity index (χ3v) is 3.18. The zero-order chi connectivity index (χ0) is 12.4. The van der Waals surface area contributed by atoms with E-state index in [9.17, 15) is 0 Å². The number of oxazole rings is 1. The number of nitrogens with zero attached hydrogens (tertiary/aromatic N) is 1. The van der Waals surface area contributed by atoms with Gasteiger partial charge in [0.2, 0.25) is 0 Å². The van der Waals surface area contributed by atoms with E-state index in [1.807, 2.05) is 12.1 Å². The lowest BCUT2D eigenvalue weighted by atomic mass is 10.2. The molecular weight excluding hydrogens is 230 g/mol. The largest absolute Gasteiger partial charge is 0.423 e. The molecule has 1 unspecified atom stereocenters. The lowest BCUT2D eigenvalue weighted by molar-refractivity contribution is 0.107. The highest BCUT2D eigenvalue weighted by atomic mass is 16.5. The van der Waals surface area contributed by atoms with Gasteiger partial charge in [0.1, 0.15) is 5.52 Å². The summed E-state index contributed by atoms with van der Waals surface area (Å²) in [7, 11) is 0. The van der Waals surface area contributed by atoms with Crippen molar-refractivity contribution in [2.75, 3.05) is 24.2 Å². The fourth-order valence-corrected chi connectivity index (χ4v) is 2.23. The van der Waals surface area contributed by atoms with Crippen LogP contribution in [0.5, 0.6) is 0 Å². The van der Waals surface area contributed by atoms with Gasteiger partial charge < -0.3 is 20.2 Å². The van der Waals surface area contributed by atoms with Crippen LogP contribution < -0.4 is 11.1 Å². The summed E-state index contributed by atoms with van der Waals surface area (Å²) in [5, 5.41) is 3.18. The minimum absolute atomic E-state index is 0.387. The summed E-state index contributed by atoms with van der Waals surface area (Å²) < 4.78 is 11.1. The maximum atomic E-state index is 5.69. The Balaban J connectivity index is 1.60. The lowest BCUT2D eigenvalue weighted by Gasteiger charge is -2.08. The Morgan fingerprint density at radius 2 is 2.39 bits per heavy atom. The number of hydrogen-bond acceptors (Lipinski definition) is 5. The summed E-state index contributed by atoms with van der Waals surface area (Å²) in [4.78, 5) is 4.34. The monoisotopic (exact) mass is 247 g/mol. The molecule has 1 aromatic heterocycles. The van der Waals surface area contributed by atoms with Crippen LogP contribution in [0, 0.1) is 0 Å². The number of rotatable bonds is 4. The molecule has 3 rings (SSSR count). The van der Waals surface area contributed by atoms with E-state index in [0.29, 0.717) is 17.8 Å². The quantitative estimate of drug-likeness (QED) is 0.811. The molecule has 18 heavy (non-hydrogen) atoms. The van der Waals surface area contributed by atoms with Crippen molar-refractivity contribution < 1.29 is 9.15 Å². The number of hydrogen-bond donors (Lipinski definition) is 2. The van der Waals surface area contributed by atoms with Crippen LogP contribution in [-0.2, 0) is 4.74 Å². The Kier molecular flexibility index (Phi) is 3.06. The molecule has 96 valence electrons. The van der Waals surface area contributed by atoms with Crippen LogP contribution in [-0.4, -0.2) is 24.2 Å². The van der Waals surface area contributed by atoms with Gasteiger partial charge in [0.15, 0.2) is 5.58 Å². The molecule has 1 aromatic carbocycles. The van der Waals surface area contributed by atoms with Gasteiger partial charge in [-0.15, -0.1) is 0 Å². The Bertz CT molecular complexity index is 532. The van der Waals surface area contributed by atoms with Crippen molar-refractivity contribution in [1.29, 1.82) is 0 Å². The van der Waals surface area contributed by atoms with E-state index >= 15 is 0 Å². The number of anilines is 2. The van der Waals surface area contributed by atoms with Crippen LogP contribution in [0.3, 0.4) is 0 Å². The first-order chi connectivity index (χ1) is 8.81. The first-order valence-corrected chi connectivity index (χ1v) is 6.33. The van der Waals surface area contributed by atoms with Gasteiger partial charge in [0.05, 0.1) is 6.10 Å². The van der Waals surface area contributed by atoms with Crippen molar-refractivity contribution in [2.24, 2.45) is 0 Å². The summed E-state index contributed by atoms with van der Waals surface area (Å²) in [6.07, 6.45) is 3.71. The van der Waals surface area contributed by atoms with E-state index in [4.69, 9.17) is 14.9 Å². The van der Waals surface area contributed by atoms with E-state index in [1.165, 1.54) is 6.42 Å². The van der Waals surface area contributed by atoms with Gasteiger partial charge >= 0.3 is 0 Å². The highest BCUT2D eigenvalue weighted by Gasteiger charge is 2.15. The van der Waals surface area contributed by atoms with Gasteiger partial charge in [-0.2, -0.15) is 4.98 Å². The van der Waals surface area contributed by atoms with Crippen molar-refractivity contribution in [3.05, 3.63) is 18.2 Å². The summed E-state index contributed by atoms with van der Waals surface area (Å²) in [5.41, 5.74) is 7.92. The summed E-state index contributed by atoms with van der Waals surface area (Å²) in [6.45, 7) is 1.71. The summed E-state index contributed by atoms with van der Waals surface area (Å²) >= 11 is 0. The fraction of sp³-hybridized carbons (Fsp3) is 0.462. The Hall–Kier alpha value is -1.75. The minimum Gasteiger partial charge on any atom is -0.423 e. The smallest absolute Gasteiger partial charge is 0.295 e. The molecule has 0 saturated carbocycles. The predicted molar refractivity (Wildman–Crippen MR) is 70.5 cm³/mol. The van der Waals surface area contributed by atoms with Crippen LogP contribution in [0.4, 0.5) is 11.7 Å². The number of aromatic nitrogens is 1. The maximum absolute atomic E-state index is 5.69. The lowest BCUT2D eigenvalue weighted by Crippen LogP contribution is -2.12. The molecule has 0 radical (unpaired) electrons. The number of benzene rings is 1. The van der Waals surface area contributed by atoms with Crippen molar-refractivity contribution in [1.82, 2.24) is 4.98 Å². The van der Waals surface area contributed by atoms with Crippen molar-refractivity contribution in [2.45, 2.75) is 25.4 Å². The van der Waals surface area contributed by atoms with Crippen molar-refractivity contribution >= 4 is 22.8 Å². The first kappa shape index (κ1) is 11.3. The number of ether oxygens (including phenoxy) is 1. The Morgan fingerprint density at radius 1 is 1.44 bits per heavy atom. The second-order valence-corrected chi connectivity index (χ2v) is 4.60. The van der Waals surface area contributed by atoms with Crippen LogP contribution in [0.25, 0.3) is 11.1 Å². The average molecular weight is 247 g/mol. The topological polar surface area (TPSA) is 73.3 Å². The molecular formula is C13H17N3O2. The molecule has 5 heteroatoms. The Morgan fingerprint density at radius 3 is 3.22 bits per heavy atom. The third-order valence-electron chi connectivity index (χ3n) is 3.18. The summed E-state index contributed by atoms with van der Waals surface area (Å²) in [6, 6.07) is 6.02. The van der Waals surface area contributed by atoms with Gasteiger partial charge in [-0.1, -0.05) is 0 Å². The normalized spacial score (nSPS) is 19.4. The van der Waals surface area contributed by atoms with Gasteiger partial charge in [-0.3, -0.25) is 0 Å². The average Bonchev–Trinajstić information content (AvgIpc) is 2.97. The molecule has 1 aliphatic rings. The zero-order valence-corrected chi connectivity index (χ0v) is 10.2. The highest BCUT2D eigenvalue weighted by Crippen LogP contribution is 2.21. The van der Waals surface area contributed by atoms with E-state index in [-0.39, 0.29) is 0 Å². The third kappa shape index (κ3) is 2.41. The minimum atomic E-state index is 0.387. The van der Waals surface area contributed by atoms with Gasteiger partial charge in [0, 0.05) is 24.9 Å². The van der Waals surface area contributed by atoms with Crippen molar-refractivity contribution in [3.8, 4) is 0 Å². The number of fused-ring (bicyclic) bond motifs is 1. The standard InChI is InChI=1S/C13H17N3O2/c14-9-3-4-11-12(8-9)18-13(16-11)15-6-5-10-2-1-7-17-10/h3-4,8,10H,1-2,5-7,14H2,(H,15,16). The van der Waals surface area contributed by atoms with Crippen molar-refractivity contribution in [3.63, 3.8) is 0 Å². The molecule has 3 N–H and O–H groups in total. The van der Waals surface area contributed by atoms with E-state index in [2.05, 4.69) is 10.3 Å². The van der Waals surface area contributed by atoms with Crippen LogP contribution in [0.15, 0.2) is 22.6 Å².